The molecule has 0 saturated heterocycles. The van der Waals surface area contributed by atoms with Gasteiger partial charge in [0, 0.05) is 11.9 Å². The first-order valence-corrected chi connectivity index (χ1v) is 8.40. The van der Waals surface area contributed by atoms with Crippen molar-refractivity contribution in [2.45, 2.75) is 11.3 Å². The highest BCUT2D eigenvalue weighted by atomic mass is 79.9. The van der Waals surface area contributed by atoms with Gasteiger partial charge in [-0.3, -0.25) is 0 Å². The van der Waals surface area contributed by atoms with Crippen LogP contribution in [-0.2, 0) is 10.0 Å². The maximum Gasteiger partial charge on any atom is 0.252 e. The number of alkyl halides is 3. The van der Waals surface area contributed by atoms with Crippen molar-refractivity contribution in [1.82, 2.24) is 4.31 Å². The van der Waals surface area contributed by atoms with Crippen molar-refractivity contribution in [2.75, 3.05) is 18.4 Å². The minimum absolute atomic E-state index is 0.0542. The number of benzene rings is 1. The molecule has 108 valence electrons. The zero-order chi connectivity index (χ0) is 14.6. The Morgan fingerprint density at radius 3 is 2.37 bits per heavy atom. The summed E-state index contributed by atoms with van der Waals surface area (Å²) in [5.41, 5.74) is 0. The van der Waals surface area contributed by atoms with E-state index in [9.17, 15) is 17.2 Å². The monoisotopic (exact) mass is 395 g/mol. The summed E-state index contributed by atoms with van der Waals surface area (Å²) in [5, 5.41) is 0.500. The molecule has 0 heterocycles. The van der Waals surface area contributed by atoms with Crippen LogP contribution in [0.3, 0.4) is 0 Å². The number of nitrogens with zero attached hydrogens (tertiary/aromatic N) is 1. The molecule has 0 N–H and O–H groups in total. The van der Waals surface area contributed by atoms with Crippen LogP contribution in [0.25, 0.3) is 0 Å². The van der Waals surface area contributed by atoms with Crippen LogP contribution >= 0.6 is 39.1 Å². The van der Waals surface area contributed by atoms with Crippen molar-refractivity contribution in [3.05, 3.63) is 28.2 Å². The summed E-state index contributed by atoms with van der Waals surface area (Å²) in [5.74, 6) is 0. The Hall–Kier alpha value is 0.0500. The van der Waals surface area contributed by atoms with Crippen molar-refractivity contribution in [3.8, 4) is 0 Å². The lowest BCUT2D eigenvalue weighted by atomic mass is 10.4. The topological polar surface area (TPSA) is 37.4 Å². The Balaban J connectivity index is 3.14. The van der Waals surface area contributed by atoms with Crippen LogP contribution in [0.15, 0.2) is 23.1 Å². The zero-order valence-electron chi connectivity index (χ0n) is 9.49. The van der Waals surface area contributed by atoms with Crippen molar-refractivity contribution in [1.29, 1.82) is 0 Å². The molecule has 0 unspecified atom stereocenters. The lowest BCUT2D eigenvalue weighted by Crippen LogP contribution is -2.36. The molecule has 3 nitrogen and oxygen atoms in total. The van der Waals surface area contributed by atoms with Gasteiger partial charge in [-0.05, 0) is 18.2 Å². The van der Waals surface area contributed by atoms with Gasteiger partial charge in [-0.25, -0.2) is 17.2 Å². The second-order valence-electron chi connectivity index (χ2n) is 3.52. The lowest BCUT2D eigenvalue weighted by molar-refractivity contribution is 0.121. The Labute approximate surface area is 128 Å². The van der Waals surface area contributed by atoms with Gasteiger partial charge in [-0.2, -0.15) is 4.31 Å². The molecule has 19 heavy (non-hydrogen) atoms. The normalized spacial score (nSPS) is 12.4. The first-order valence-electron chi connectivity index (χ1n) is 5.08. The highest BCUT2D eigenvalue weighted by Gasteiger charge is 2.27. The summed E-state index contributed by atoms with van der Waals surface area (Å²) in [4.78, 5) is -0.163. The van der Waals surface area contributed by atoms with Crippen LogP contribution in [0.1, 0.15) is 0 Å². The van der Waals surface area contributed by atoms with Crippen molar-refractivity contribution >= 4 is 49.2 Å². The quantitative estimate of drug-likeness (QED) is 0.688. The summed E-state index contributed by atoms with van der Waals surface area (Å²) in [6.07, 6.45) is -2.75. The van der Waals surface area contributed by atoms with Crippen LogP contribution in [0, 0.1) is 0 Å². The fraction of sp³-hybridized carbons (Fsp3) is 0.400. The predicted octanol–water partition coefficient (Wildman–Crippen LogP) is 3.64. The van der Waals surface area contributed by atoms with Crippen LogP contribution < -0.4 is 0 Å². The molecule has 0 fully saturated rings. The Bertz CT molecular complexity index is 542. The average Bonchev–Trinajstić information content (AvgIpc) is 2.31. The molecule has 1 aromatic rings. The molecule has 0 aliphatic rings. The van der Waals surface area contributed by atoms with Gasteiger partial charge >= 0.3 is 0 Å². The SMILES string of the molecule is O=S(=O)(c1ccc(Cl)c(Cl)c1)N(CCBr)CC(F)F. The number of halogens is 5. The van der Waals surface area contributed by atoms with Gasteiger partial charge in [0.2, 0.25) is 10.0 Å². The molecule has 0 amide bonds. The van der Waals surface area contributed by atoms with E-state index in [1.807, 2.05) is 0 Å². The number of rotatable bonds is 6. The second-order valence-corrected chi connectivity index (χ2v) is 7.06. The van der Waals surface area contributed by atoms with Gasteiger partial charge in [-0.1, -0.05) is 39.1 Å². The molecular formula is C10H10BrCl2F2NO2S. The molecular weight excluding hydrogens is 387 g/mol. The molecule has 0 bridgehead atoms. The van der Waals surface area contributed by atoms with Gasteiger partial charge in [0.25, 0.3) is 6.43 Å². The molecule has 0 aliphatic heterocycles. The third-order valence-corrected chi connectivity index (χ3v) is 5.16. The maximum absolute atomic E-state index is 12.4. The van der Waals surface area contributed by atoms with Crippen LogP contribution in [0.2, 0.25) is 10.0 Å². The molecule has 0 saturated carbocycles. The molecule has 9 heteroatoms. The van der Waals surface area contributed by atoms with Crippen molar-refractivity contribution in [3.63, 3.8) is 0 Å². The minimum atomic E-state index is -4.02. The van der Waals surface area contributed by atoms with E-state index in [1.165, 1.54) is 12.1 Å². The van der Waals surface area contributed by atoms with Crippen LogP contribution in [-0.4, -0.2) is 37.6 Å². The van der Waals surface area contributed by atoms with Gasteiger partial charge in [0.1, 0.15) is 0 Å². The third kappa shape index (κ3) is 4.53. The number of sulfonamides is 1. The second kappa shape index (κ2) is 7.17. The van der Waals surface area contributed by atoms with Gasteiger partial charge in [0.15, 0.2) is 0 Å². The fourth-order valence-electron chi connectivity index (χ4n) is 1.34. The van der Waals surface area contributed by atoms with E-state index >= 15 is 0 Å². The number of hydrogen-bond acceptors (Lipinski definition) is 2. The molecule has 0 radical (unpaired) electrons. The fourth-order valence-corrected chi connectivity index (χ4v) is 3.82. The standard InChI is InChI=1S/C10H10BrCl2F2NO2S/c11-3-4-16(6-10(14)15)19(17,18)7-1-2-8(12)9(13)5-7/h1-2,5,10H,3-4,6H2. The summed E-state index contributed by atoms with van der Waals surface area (Å²) in [7, 11) is -4.02. The first-order chi connectivity index (χ1) is 8.78. The van der Waals surface area contributed by atoms with Crippen LogP contribution in [0.5, 0.6) is 0 Å². The van der Waals surface area contributed by atoms with E-state index in [0.29, 0.717) is 4.31 Å². The molecule has 0 aromatic heterocycles. The van der Waals surface area contributed by atoms with Crippen molar-refractivity contribution < 1.29 is 17.2 Å². The van der Waals surface area contributed by atoms with E-state index < -0.39 is 23.0 Å². The first kappa shape index (κ1) is 17.1. The molecule has 1 aromatic carbocycles. The third-order valence-electron chi connectivity index (χ3n) is 2.20. The zero-order valence-corrected chi connectivity index (χ0v) is 13.4. The Morgan fingerprint density at radius 2 is 1.89 bits per heavy atom. The number of hydrogen-bond donors (Lipinski definition) is 0. The van der Waals surface area contributed by atoms with E-state index in [4.69, 9.17) is 23.2 Å². The minimum Gasteiger partial charge on any atom is -0.209 e. The van der Waals surface area contributed by atoms with E-state index in [2.05, 4.69) is 15.9 Å². The van der Waals surface area contributed by atoms with E-state index in [1.54, 1.807) is 0 Å². The van der Waals surface area contributed by atoms with E-state index in [0.717, 1.165) is 6.07 Å². The van der Waals surface area contributed by atoms with Gasteiger partial charge in [-0.15, -0.1) is 0 Å². The van der Waals surface area contributed by atoms with Crippen molar-refractivity contribution in [2.24, 2.45) is 0 Å². The van der Waals surface area contributed by atoms with E-state index in [-0.39, 0.29) is 26.8 Å². The van der Waals surface area contributed by atoms with Gasteiger partial charge < -0.3 is 0 Å². The molecule has 0 aliphatic carbocycles. The molecule has 1 rings (SSSR count). The molecule has 0 spiro atoms. The summed E-state index contributed by atoms with van der Waals surface area (Å²) in [6.45, 7) is -0.929. The highest BCUT2D eigenvalue weighted by Crippen LogP contribution is 2.26. The summed E-state index contributed by atoms with van der Waals surface area (Å²) in [6, 6.07) is 3.69. The summed E-state index contributed by atoms with van der Waals surface area (Å²) < 4.78 is 49.9. The molecule has 0 atom stereocenters. The largest absolute Gasteiger partial charge is 0.252 e. The predicted molar refractivity (Wildman–Crippen MR) is 75.0 cm³/mol. The highest BCUT2D eigenvalue weighted by molar-refractivity contribution is 9.09. The average molecular weight is 397 g/mol. The Kier molecular flexibility index (Phi) is 6.46. The van der Waals surface area contributed by atoms with Gasteiger partial charge in [0.05, 0.1) is 21.5 Å². The Morgan fingerprint density at radius 1 is 1.26 bits per heavy atom. The summed E-state index contributed by atoms with van der Waals surface area (Å²) >= 11 is 14.5. The lowest BCUT2D eigenvalue weighted by Gasteiger charge is -2.21. The van der Waals surface area contributed by atoms with Crippen LogP contribution in [0.4, 0.5) is 8.78 Å². The maximum atomic E-state index is 12.4. The smallest absolute Gasteiger partial charge is 0.209 e.